The number of anilines is 2. The van der Waals surface area contributed by atoms with Gasteiger partial charge in [0.25, 0.3) is 5.91 Å². The van der Waals surface area contributed by atoms with E-state index < -0.39 is 11.7 Å². The van der Waals surface area contributed by atoms with E-state index in [0.29, 0.717) is 5.75 Å². The minimum absolute atomic E-state index is 0.0499. The third-order valence-electron chi connectivity index (χ3n) is 2.71. The molecule has 0 bridgehead atoms. The summed E-state index contributed by atoms with van der Waals surface area (Å²) in [4.78, 5) is 16.0. The van der Waals surface area contributed by atoms with Crippen molar-refractivity contribution in [2.75, 3.05) is 24.8 Å². The lowest BCUT2D eigenvalue weighted by Crippen LogP contribution is -2.14. The number of halogens is 1. The molecule has 0 unspecified atom stereocenters. The Balaban J connectivity index is 2.18. The average molecular weight is 275 g/mol. The van der Waals surface area contributed by atoms with E-state index in [-0.39, 0.29) is 11.4 Å². The molecule has 0 atom stereocenters. The van der Waals surface area contributed by atoms with E-state index >= 15 is 0 Å². The molecule has 0 saturated heterocycles. The number of rotatable bonds is 4. The molecule has 0 radical (unpaired) electrons. The highest BCUT2D eigenvalue weighted by molar-refractivity contribution is 6.03. The van der Waals surface area contributed by atoms with Gasteiger partial charge in [0, 0.05) is 13.1 Å². The Bertz CT molecular complexity index is 614. The normalized spacial score (nSPS) is 9.95. The molecule has 20 heavy (non-hydrogen) atoms. The Morgan fingerprint density at radius 2 is 2.10 bits per heavy atom. The van der Waals surface area contributed by atoms with E-state index in [1.807, 2.05) is 0 Å². The number of carbonyl (C=O) groups is 1. The minimum Gasteiger partial charge on any atom is -0.497 e. The van der Waals surface area contributed by atoms with Gasteiger partial charge in [-0.1, -0.05) is 0 Å². The van der Waals surface area contributed by atoms with Crippen LogP contribution in [-0.4, -0.2) is 25.0 Å². The molecular formula is C14H14FN3O2. The Hall–Kier alpha value is -2.63. The summed E-state index contributed by atoms with van der Waals surface area (Å²) >= 11 is 0. The first-order valence-corrected chi connectivity index (χ1v) is 5.92. The zero-order chi connectivity index (χ0) is 14.5. The SMILES string of the molecule is CNc1ccc(C(=O)Nc2cc(OC)ccc2F)nc1. The van der Waals surface area contributed by atoms with Crippen molar-refractivity contribution in [1.29, 1.82) is 0 Å². The van der Waals surface area contributed by atoms with Gasteiger partial charge in [-0.25, -0.2) is 9.37 Å². The molecule has 0 spiro atoms. The lowest BCUT2D eigenvalue weighted by molar-refractivity contribution is 0.102. The molecule has 2 aromatic rings. The van der Waals surface area contributed by atoms with Gasteiger partial charge in [-0.2, -0.15) is 0 Å². The first kappa shape index (κ1) is 13.8. The average Bonchev–Trinajstić information content (AvgIpc) is 2.49. The van der Waals surface area contributed by atoms with Crippen LogP contribution in [-0.2, 0) is 0 Å². The molecular weight excluding hydrogens is 261 g/mol. The summed E-state index contributed by atoms with van der Waals surface area (Å²) in [5.74, 6) is -0.564. The smallest absolute Gasteiger partial charge is 0.274 e. The Morgan fingerprint density at radius 1 is 1.30 bits per heavy atom. The lowest BCUT2D eigenvalue weighted by Gasteiger charge is -2.08. The monoisotopic (exact) mass is 275 g/mol. The zero-order valence-electron chi connectivity index (χ0n) is 11.1. The second-order valence-electron chi connectivity index (χ2n) is 3.98. The summed E-state index contributed by atoms with van der Waals surface area (Å²) < 4.78 is 18.6. The predicted octanol–water partition coefficient (Wildman–Crippen LogP) is 2.52. The molecule has 1 aromatic heterocycles. The van der Waals surface area contributed by atoms with Gasteiger partial charge in [0.15, 0.2) is 0 Å². The van der Waals surface area contributed by atoms with Crippen LogP contribution >= 0.6 is 0 Å². The van der Waals surface area contributed by atoms with E-state index in [2.05, 4.69) is 15.6 Å². The minimum atomic E-state index is -0.536. The summed E-state index contributed by atoms with van der Waals surface area (Å²) in [5, 5.41) is 5.36. The largest absolute Gasteiger partial charge is 0.497 e. The molecule has 1 aromatic carbocycles. The molecule has 1 heterocycles. The van der Waals surface area contributed by atoms with Crippen LogP contribution in [0.1, 0.15) is 10.5 Å². The topological polar surface area (TPSA) is 63.2 Å². The third-order valence-corrected chi connectivity index (χ3v) is 2.71. The van der Waals surface area contributed by atoms with E-state index in [0.717, 1.165) is 5.69 Å². The fraction of sp³-hybridized carbons (Fsp3) is 0.143. The van der Waals surface area contributed by atoms with Crippen molar-refractivity contribution >= 4 is 17.3 Å². The number of pyridine rings is 1. The number of methoxy groups -OCH3 is 1. The van der Waals surface area contributed by atoms with Crippen LogP contribution in [0.15, 0.2) is 36.5 Å². The maximum Gasteiger partial charge on any atom is 0.274 e. The number of hydrogen-bond acceptors (Lipinski definition) is 4. The van der Waals surface area contributed by atoms with Gasteiger partial charge in [0.1, 0.15) is 17.3 Å². The molecule has 1 amide bonds. The summed E-state index contributed by atoms with van der Waals surface area (Å²) in [6, 6.07) is 7.38. The third kappa shape index (κ3) is 3.03. The number of nitrogens with one attached hydrogen (secondary N) is 2. The molecule has 5 nitrogen and oxygen atoms in total. The maximum atomic E-state index is 13.6. The molecule has 0 fully saturated rings. The van der Waals surface area contributed by atoms with E-state index in [1.54, 1.807) is 19.2 Å². The molecule has 104 valence electrons. The second kappa shape index (κ2) is 6.01. The molecule has 0 aliphatic rings. The fourth-order valence-electron chi connectivity index (χ4n) is 1.59. The first-order chi connectivity index (χ1) is 9.63. The van der Waals surface area contributed by atoms with Gasteiger partial charge in [0.05, 0.1) is 24.7 Å². The predicted molar refractivity (Wildman–Crippen MR) is 74.7 cm³/mol. The van der Waals surface area contributed by atoms with Crippen molar-refractivity contribution < 1.29 is 13.9 Å². The maximum absolute atomic E-state index is 13.6. The van der Waals surface area contributed by atoms with Gasteiger partial charge in [-0.05, 0) is 24.3 Å². The van der Waals surface area contributed by atoms with Crippen molar-refractivity contribution in [2.24, 2.45) is 0 Å². The van der Waals surface area contributed by atoms with Crippen LogP contribution in [0, 0.1) is 5.82 Å². The molecule has 2 rings (SSSR count). The Morgan fingerprint density at radius 3 is 2.70 bits per heavy atom. The first-order valence-electron chi connectivity index (χ1n) is 5.92. The molecule has 0 aliphatic heterocycles. The quantitative estimate of drug-likeness (QED) is 0.900. The van der Waals surface area contributed by atoms with Gasteiger partial charge < -0.3 is 15.4 Å². The highest BCUT2D eigenvalue weighted by Gasteiger charge is 2.11. The van der Waals surface area contributed by atoms with E-state index in [4.69, 9.17) is 4.74 Å². The Kier molecular flexibility index (Phi) is 4.14. The highest BCUT2D eigenvalue weighted by Crippen LogP contribution is 2.21. The number of benzene rings is 1. The number of aromatic nitrogens is 1. The van der Waals surface area contributed by atoms with Crippen LogP contribution < -0.4 is 15.4 Å². The zero-order valence-corrected chi connectivity index (χ0v) is 11.1. The molecule has 6 heteroatoms. The van der Waals surface area contributed by atoms with Crippen molar-refractivity contribution in [3.8, 4) is 5.75 Å². The summed E-state index contributed by atoms with van der Waals surface area (Å²) in [7, 11) is 3.22. The van der Waals surface area contributed by atoms with Crippen molar-refractivity contribution in [3.63, 3.8) is 0 Å². The van der Waals surface area contributed by atoms with Crippen LogP contribution in [0.3, 0.4) is 0 Å². The van der Waals surface area contributed by atoms with Crippen molar-refractivity contribution in [3.05, 3.63) is 48.0 Å². The number of hydrogen-bond donors (Lipinski definition) is 2. The Labute approximate surface area is 115 Å². The summed E-state index contributed by atoms with van der Waals surface area (Å²) in [6.45, 7) is 0. The molecule has 2 N–H and O–H groups in total. The number of amides is 1. The van der Waals surface area contributed by atoms with Crippen LogP contribution in [0.5, 0.6) is 5.75 Å². The fourth-order valence-corrected chi connectivity index (χ4v) is 1.59. The van der Waals surface area contributed by atoms with E-state index in [1.165, 1.54) is 31.5 Å². The van der Waals surface area contributed by atoms with Gasteiger partial charge >= 0.3 is 0 Å². The van der Waals surface area contributed by atoms with E-state index in [9.17, 15) is 9.18 Å². The van der Waals surface area contributed by atoms with Crippen LogP contribution in [0.25, 0.3) is 0 Å². The lowest BCUT2D eigenvalue weighted by atomic mass is 10.2. The second-order valence-corrected chi connectivity index (χ2v) is 3.98. The van der Waals surface area contributed by atoms with Gasteiger partial charge in [-0.3, -0.25) is 4.79 Å². The van der Waals surface area contributed by atoms with Gasteiger partial charge in [0.2, 0.25) is 0 Å². The van der Waals surface area contributed by atoms with Crippen molar-refractivity contribution in [1.82, 2.24) is 4.98 Å². The van der Waals surface area contributed by atoms with Gasteiger partial charge in [-0.15, -0.1) is 0 Å². The molecule has 0 saturated carbocycles. The molecule has 0 aliphatic carbocycles. The number of ether oxygens (including phenoxy) is 1. The summed E-state index contributed by atoms with van der Waals surface area (Å²) in [6.07, 6.45) is 1.52. The number of carbonyl (C=O) groups excluding carboxylic acids is 1. The highest BCUT2D eigenvalue weighted by atomic mass is 19.1. The van der Waals surface area contributed by atoms with Crippen LogP contribution in [0.2, 0.25) is 0 Å². The standard InChI is InChI=1S/C14H14FN3O2/c1-16-9-3-6-12(17-8-9)14(19)18-13-7-10(20-2)4-5-11(13)15/h3-8,16H,1-2H3,(H,18,19). The summed E-state index contributed by atoms with van der Waals surface area (Å²) in [5.41, 5.74) is 1.04. The van der Waals surface area contributed by atoms with Crippen LogP contribution in [0.4, 0.5) is 15.8 Å². The number of nitrogens with zero attached hydrogens (tertiary/aromatic N) is 1. The van der Waals surface area contributed by atoms with Crippen molar-refractivity contribution in [2.45, 2.75) is 0 Å².